The van der Waals surface area contributed by atoms with E-state index >= 15 is 0 Å². The second-order valence-corrected chi connectivity index (χ2v) is 5.09. The Hall–Kier alpha value is -1.89. The maximum Gasteiger partial charge on any atom is 0.173 e. The monoisotopic (exact) mass is 265 g/mol. The molecule has 0 bridgehead atoms. The number of anilines is 1. The molecule has 4 N–H and O–H groups in total. The van der Waals surface area contributed by atoms with E-state index in [9.17, 15) is 5.11 Å². The SMILES string of the molecule is CC1(O)CCCN(c2nnccc2/C(N)=N/O)CC1. The Balaban J connectivity index is 2.27. The van der Waals surface area contributed by atoms with E-state index in [2.05, 4.69) is 15.4 Å². The molecular formula is C12H19N5O2. The molecule has 7 heteroatoms. The zero-order valence-corrected chi connectivity index (χ0v) is 11.0. The van der Waals surface area contributed by atoms with Crippen molar-refractivity contribution in [3.63, 3.8) is 0 Å². The molecule has 1 aromatic heterocycles. The van der Waals surface area contributed by atoms with Crippen LogP contribution in [0, 0.1) is 0 Å². The van der Waals surface area contributed by atoms with Crippen LogP contribution in [-0.2, 0) is 0 Å². The van der Waals surface area contributed by atoms with E-state index in [0.29, 0.717) is 24.3 Å². The summed E-state index contributed by atoms with van der Waals surface area (Å²) in [7, 11) is 0. The Morgan fingerprint density at radius 3 is 3.00 bits per heavy atom. The number of hydrogen-bond donors (Lipinski definition) is 3. The highest BCUT2D eigenvalue weighted by Gasteiger charge is 2.27. The van der Waals surface area contributed by atoms with E-state index < -0.39 is 5.60 Å². The highest BCUT2D eigenvalue weighted by molar-refractivity contribution is 6.01. The molecule has 1 aliphatic heterocycles. The van der Waals surface area contributed by atoms with Crippen LogP contribution in [0.1, 0.15) is 31.7 Å². The summed E-state index contributed by atoms with van der Waals surface area (Å²) in [6.45, 7) is 3.27. The number of rotatable bonds is 2. The fraction of sp³-hybridized carbons (Fsp3) is 0.583. The van der Waals surface area contributed by atoms with Crippen molar-refractivity contribution in [2.45, 2.75) is 31.8 Å². The minimum absolute atomic E-state index is 0.0147. The van der Waals surface area contributed by atoms with Crippen molar-refractivity contribution in [2.75, 3.05) is 18.0 Å². The topological polar surface area (TPSA) is 108 Å². The Bertz CT molecular complexity index is 475. The minimum atomic E-state index is -0.645. The third kappa shape index (κ3) is 3.11. The fourth-order valence-corrected chi connectivity index (χ4v) is 2.29. The molecule has 7 nitrogen and oxygen atoms in total. The van der Waals surface area contributed by atoms with Gasteiger partial charge in [-0.15, -0.1) is 5.10 Å². The van der Waals surface area contributed by atoms with Crippen LogP contribution in [0.5, 0.6) is 0 Å². The molecule has 1 saturated heterocycles. The van der Waals surface area contributed by atoms with Crippen molar-refractivity contribution in [2.24, 2.45) is 10.9 Å². The summed E-state index contributed by atoms with van der Waals surface area (Å²) < 4.78 is 0. The van der Waals surface area contributed by atoms with Crippen LogP contribution >= 0.6 is 0 Å². The van der Waals surface area contributed by atoms with Gasteiger partial charge in [-0.1, -0.05) is 5.16 Å². The highest BCUT2D eigenvalue weighted by atomic mass is 16.4. The molecule has 0 aliphatic carbocycles. The van der Waals surface area contributed by atoms with Crippen LogP contribution in [-0.4, -0.2) is 45.0 Å². The summed E-state index contributed by atoms with van der Waals surface area (Å²) in [5.74, 6) is 0.608. The predicted octanol–water partition coefficient (Wildman–Crippen LogP) is 0.312. The molecule has 19 heavy (non-hydrogen) atoms. The maximum absolute atomic E-state index is 10.1. The zero-order valence-electron chi connectivity index (χ0n) is 11.0. The van der Waals surface area contributed by atoms with E-state index in [1.807, 2.05) is 11.8 Å². The molecule has 0 aromatic carbocycles. The lowest BCUT2D eigenvalue weighted by Gasteiger charge is -2.24. The van der Waals surface area contributed by atoms with Crippen LogP contribution in [0.4, 0.5) is 5.82 Å². The minimum Gasteiger partial charge on any atom is -0.409 e. The number of nitrogens with zero attached hydrogens (tertiary/aromatic N) is 4. The van der Waals surface area contributed by atoms with Crippen molar-refractivity contribution in [3.05, 3.63) is 17.8 Å². The van der Waals surface area contributed by atoms with Crippen molar-refractivity contribution in [1.82, 2.24) is 10.2 Å². The Morgan fingerprint density at radius 2 is 2.26 bits per heavy atom. The van der Waals surface area contributed by atoms with E-state index in [0.717, 1.165) is 19.4 Å². The van der Waals surface area contributed by atoms with Gasteiger partial charge in [-0.2, -0.15) is 5.10 Å². The lowest BCUT2D eigenvalue weighted by atomic mass is 9.98. The van der Waals surface area contributed by atoms with Gasteiger partial charge in [0, 0.05) is 13.1 Å². The first-order valence-electron chi connectivity index (χ1n) is 6.30. The number of amidine groups is 1. The third-order valence-corrected chi connectivity index (χ3v) is 3.45. The molecule has 0 amide bonds. The van der Waals surface area contributed by atoms with E-state index in [1.165, 1.54) is 6.20 Å². The lowest BCUT2D eigenvalue weighted by molar-refractivity contribution is 0.0481. The number of hydrogen-bond acceptors (Lipinski definition) is 6. The molecular weight excluding hydrogens is 246 g/mol. The van der Waals surface area contributed by atoms with Gasteiger partial charge < -0.3 is 20.9 Å². The average Bonchev–Trinajstić information content (AvgIpc) is 2.59. The Labute approximate surface area is 111 Å². The molecule has 2 rings (SSSR count). The van der Waals surface area contributed by atoms with E-state index in [4.69, 9.17) is 10.9 Å². The Morgan fingerprint density at radius 1 is 1.47 bits per heavy atom. The lowest BCUT2D eigenvalue weighted by Crippen LogP contribution is -2.31. The van der Waals surface area contributed by atoms with Crippen LogP contribution in [0.3, 0.4) is 0 Å². The van der Waals surface area contributed by atoms with Gasteiger partial charge in [0.05, 0.1) is 17.4 Å². The summed E-state index contributed by atoms with van der Waals surface area (Å²) >= 11 is 0. The van der Waals surface area contributed by atoms with Gasteiger partial charge >= 0.3 is 0 Å². The van der Waals surface area contributed by atoms with E-state index in [-0.39, 0.29) is 5.84 Å². The predicted molar refractivity (Wildman–Crippen MR) is 71.2 cm³/mol. The quantitative estimate of drug-likeness (QED) is 0.307. The number of aliphatic hydroxyl groups is 1. The molecule has 1 atom stereocenters. The van der Waals surface area contributed by atoms with Gasteiger partial charge in [0.25, 0.3) is 0 Å². The molecule has 1 unspecified atom stereocenters. The van der Waals surface area contributed by atoms with Gasteiger partial charge in [-0.25, -0.2) is 0 Å². The summed E-state index contributed by atoms with van der Waals surface area (Å²) in [5, 5.41) is 29.9. The summed E-state index contributed by atoms with van der Waals surface area (Å²) in [6, 6.07) is 1.67. The van der Waals surface area contributed by atoms with Crippen molar-refractivity contribution in [1.29, 1.82) is 0 Å². The molecule has 1 aromatic rings. The van der Waals surface area contributed by atoms with Gasteiger partial charge in [0.15, 0.2) is 11.7 Å². The largest absolute Gasteiger partial charge is 0.409 e. The first-order chi connectivity index (χ1) is 9.03. The van der Waals surface area contributed by atoms with Crippen LogP contribution in [0.25, 0.3) is 0 Å². The third-order valence-electron chi connectivity index (χ3n) is 3.45. The summed E-state index contributed by atoms with van der Waals surface area (Å²) in [4.78, 5) is 2.02. The average molecular weight is 265 g/mol. The fourth-order valence-electron chi connectivity index (χ4n) is 2.29. The van der Waals surface area contributed by atoms with Gasteiger partial charge in [0.1, 0.15) is 0 Å². The number of aromatic nitrogens is 2. The molecule has 1 fully saturated rings. The second kappa shape index (κ2) is 5.40. The smallest absolute Gasteiger partial charge is 0.173 e. The van der Waals surface area contributed by atoms with E-state index in [1.54, 1.807) is 6.07 Å². The Kier molecular flexibility index (Phi) is 3.84. The van der Waals surface area contributed by atoms with Crippen LogP contribution < -0.4 is 10.6 Å². The highest BCUT2D eigenvalue weighted by Crippen LogP contribution is 2.25. The second-order valence-electron chi connectivity index (χ2n) is 5.09. The molecule has 1 aliphatic rings. The molecule has 0 radical (unpaired) electrons. The summed E-state index contributed by atoms with van der Waals surface area (Å²) in [5.41, 5.74) is 5.56. The molecule has 104 valence electrons. The van der Waals surface area contributed by atoms with Crippen molar-refractivity contribution >= 4 is 11.7 Å². The standard InChI is InChI=1S/C12H19N5O2/c1-12(18)4-2-7-17(8-5-12)11-9(10(13)16-19)3-6-14-15-11/h3,6,18-19H,2,4-5,7-8H2,1H3,(H2,13,16). The van der Waals surface area contributed by atoms with Gasteiger partial charge in [0.2, 0.25) is 0 Å². The van der Waals surface area contributed by atoms with Crippen LogP contribution in [0.2, 0.25) is 0 Å². The first-order valence-corrected chi connectivity index (χ1v) is 6.30. The zero-order chi connectivity index (χ0) is 13.9. The normalized spacial score (nSPS) is 25.2. The van der Waals surface area contributed by atoms with Crippen molar-refractivity contribution < 1.29 is 10.3 Å². The van der Waals surface area contributed by atoms with Gasteiger partial charge in [-0.05, 0) is 32.3 Å². The van der Waals surface area contributed by atoms with Crippen LogP contribution in [0.15, 0.2) is 17.4 Å². The van der Waals surface area contributed by atoms with Gasteiger partial charge in [-0.3, -0.25) is 0 Å². The number of nitrogens with two attached hydrogens (primary N) is 1. The summed E-state index contributed by atoms with van der Waals surface area (Å²) in [6.07, 6.45) is 3.77. The molecule has 0 spiro atoms. The maximum atomic E-state index is 10.1. The van der Waals surface area contributed by atoms with Crippen molar-refractivity contribution in [3.8, 4) is 0 Å². The number of oxime groups is 1. The molecule has 0 saturated carbocycles. The first kappa shape index (κ1) is 13.5. The molecule has 2 heterocycles.